The maximum atomic E-state index is 11.3. The van der Waals surface area contributed by atoms with E-state index >= 15 is 0 Å². The molecule has 0 bridgehead atoms. The topological polar surface area (TPSA) is 73.9 Å². The van der Waals surface area contributed by atoms with E-state index in [9.17, 15) is 4.79 Å². The Balaban J connectivity index is 0.00000116. The van der Waals surface area contributed by atoms with Crippen molar-refractivity contribution in [1.82, 2.24) is 0 Å². The van der Waals surface area contributed by atoms with Crippen molar-refractivity contribution >= 4 is 5.97 Å². The normalized spacial score (nSPS) is 8.77. The molecule has 0 aromatic heterocycles. The van der Waals surface area contributed by atoms with Crippen molar-refractivity contribution in [2.75, 3.05) is 7.11 Å². The molecule has 0 amide bonds. The maximum Gasteiger partial charge on any atom is 0.337 e. The summed E-state index contributed by atoms with van der Waals surface area (Å²) < 4.78 is 4.63. The summed E-state index contributed by atoms with van der Waals surface area (Å²) in [6.45, 7) is 4.00. The lowest BCUT2D eigenvalue weighted by molar-refractivity contribution is 0.0601. The van der Waals surface area contributed by atoms with Crippen LogP contribution in [-0.4, -0.2) is 13.1 Å². The van der Waals surface area contributed by atoms with E-state index in [4.69, 9.17) is 10.5 Å². The molecular weight excluding hydrogens is 276 g/mol. The summed E-state index contributed by atoms with van der Waals surface area (Å²) in [5, 5.41) is 17.9. The molecule has 0 spiro atoms. The van der Waals surface area contributed by atoms with Crippen LogP contribution in [0.1, 0.15) is 35.3 Å². The number of esters is 1. The number of benzene rings is 2. The van der Waals surface area contributed by atoms with Gasteiger partial charge in [0.15, 0.2) is 0 Å². The van der Waals surface area contributed by atoms with E-state index in [2.05, 4.69) is 4.74 Å². The Labute approximate surface area is 130 Å². The van der Waals surface area contributed by atoms with Gasteiger partial charge in [-0.15, -0.1) is 0 Å². The molecule has 2 rings (SSSR count). The van der Waals surface area contributed by atoms with Gasteiger partial charge < -0.3 is 4.74 Å². The van der Waals surface area contributed by atoms with E-state index in [-0.39, 0.29) is 0 Å². The molecule has 2 aromatic carbocycles. The van der Waals surface area contributed by atoms with Crippen LogP contribution in [0, 0.1) is 22.7 Å². The van der Waals surface area contributed by atoms with Crippen molar-refractivity contribution in [3.05, 3.63) is 59.2 Å². The number of carbonyl (C=O) groups excluding carboxylic acids is 1. The summed E-state index contributed by atoms with van der Waals surface area (Å²) in [6.07, 6.45) is 0. The highest BCUT2D eigenvalue weighted by molar-refractivity contribution is 5.90. The molecule has 110 valence electrons. The maximum absolute atomic E-state index is 11.3. The number of ether oxygens (including phenoxy) is 1. The predicted molar refractivity (Wildman–Crippen MR) is 84.0 cm³/mol. The Morgan fingerprint density at radius 3 is 1.95 bits per heavy atom. The molecular formula is C18H16N2O2. The zero-order valence-electron chi connectivity index (χ0n) is 12.8. The monoisotopic (exact) mass is 292 g/mol. The average Bonchev–Trinajstić information content (AvgIpc) is 2.62. The van der Waals surface area contributed by atoms with E-state index in [0.29, 0.717) is 16.7 Å². The molecule has 0 aliphatic carbocycles. The fourth-order valence-electron chi connectivity index (χ4n) is 1.83. The van der Waals surface area contributed by atoms with Crippen LogP contribution in [-0.2, 0) is 4.74 Å². The van der Waals surface area contributed by atoms with E-state index in [1.165, 1.54) is 7.11 Å². The van der Waals surface area contributed by atoms with Gasteiger partial charge in [0.1, 0.15) is 12.1 Å². The Hall–Kier alpha value is -3.11. The van der Waals surface area contributed by atoms with Gasteiger partial charge in [0, 0.05) is 0 Å². The molecule has 0 heterocycles. The molecule has 0 aliphatic heterocycles. The van der Waals surface area contributed by atoms with Gasteiger partial charge in [-0.3, -0.25) is 0 Å². The number of hydrogen-bond donors (Lipinski definition) is 0. The molecule has 0 radical (unpaired) electrons. The van der Waals surface area contributed by atoms with Crippen LogP contribution in [0.3, 0.4) is 0 Å². The zero-order chi connectivity index (χ0) is 16.5. The fraction of sp³-hybridized carbons (Fsp3) is 0.167. The number of nitrogens with zero attached hydrogens (tertiary/aromatic N) is 2. The lowest BCUT2D eigenvalue weighted by Gasteiger charge is -2.04. The van der Waals surface area contributed by atoms with Gasteiger partial charge in [0.2, 0.25) is 0 Å². The Morgan fingerprint density at radius 1 is 0.909 bits per heavy atom. The summed E-state index contributed by atoms with van der Waals surface area (Å²) >= 11 is 0. The van der Waals surface area contributed by atoms with Crippen LogP contribution in [0.25, 0.3) is 11.1 Å². The van der Waals surface area contributed by atoms with E-state index < -0.39 is 5.97 Å². The second kappa shape index (κ2) is 8.24. The first kappa shape index (κ1) is 16.9. The minimum atomic E-state index is -0.394. The van der Waals surface area contributed by atoms with Gasteiger partial charge in [-0.1, -0.05) is 32.0 Å². The predicted octanol–water partition coefficient (Wildman–Crippen LogP) is 3.91. The van der Waals surface area contributed by atoms with Crippen molar-refractivity contribution in [3.8, 4) is 23.3 Å². The lowest BCUT2D eigenvalue weighted by atomic mass is 9.99. The largest absolute Gasteiger partial charge is 0.465 e. The molecule has 0 fully saturated rings. The summed E-state index contributed by atoms with van der Waals surface area (Å²) in [6, 6.07) is 15.9. The van der Waals surface area contributed by atoms with Gasteiger partial charge in [-0.25, -0.2) is 4.79 Å². The van der Waals surface area contributed by atoms with Crippen molar-refractivity contribution in [2.45, 2.75) is 13.8 Å². The highest BCUT2D eigenvalue weighted by Gasteiger charge is 2.07. The third kappa shape index (κ3) is 3.71. The first-order valence-corrected chi connectivity index (χ1v) is 6.82. The third-order valence-electron chi connectivity index (χ3n) is 2.90. The van der Waals surface area contributed by atoms with Crippen molar-refractivity contribution in [2.24, 2.45) is 0 Å². The van der Waals surface area contributed by atoms with Crippen LogP contribution in [0.4, 0.5) is 0 Å². The van der Waals surface area contributed by atoms with Gasteiger partial charge in [0.05, 0.1) is 23.8 Å². The molecule has 4 heteroatoms. The Bertz CT molecular complexity index is 735. The molecule has 0 saturated carbocycles. The van der Waals surface area contributed by atoms with Crippen LogP contribution in [0.15, 0.2) is 42.5 Å². The minimum absolute atomic E-state index is 0.335. The minimum Gasteiger partial charge on any atom is -0.465 e. The highest BCUT2D eigenvalue weighted by atomic mass is 16.5. The van der Waals surface area contributed by atoms with Crippen molar-refractivity contribution in [3.63, 3.8) is 0 Å². The second-order valence-electron chi connectivity index (χ2n) is 4.05. The van der Waals surface area contributed by atoms with E-state index in [1.54, 1.807) is 42.5 Å². The fourth-order valence-corrected chi connectivity index (χ4v) is 1.83. The van der Waals surface area contributed by atoms with Crippen LogP contribution in [0.2, 0.25) is 0 Å². The van der Waals surface area contributed by atoms with E-state index in [1.807, 2.05) is 26.0 Å². The van der Waals surface area contributed by atoms with Gasteiger partial charge in [0.25, 0.3) is 0 Å². The Morgan fingerprint density at radius 2 is 1.45 bits per heavy atom. The highest BCUT2D eigenvalue weighted by Crippen LogP contribution is 2.22. The Kier molecular flexibility index (Phi) is 6.34. The first-order chi connectivity index (χ1) is 10.7. The summed E-state index contributed by atoms with van der Waals surface area (Å²) in [5.41, 5.74) is 2.82. The van der Waals surface area contributed by atoms with Gasteiger partial charge in [-0.05, 0) is 35.4 Å². The number of methoxy groups -OCH3 is 1. The lowest BCUT2D eigenvalue weighted by Crippen LogP contribution is -2.00. The molecule has 0 N–H and O–H groups in total. The van der Waals surface area contributed by atoms with Crippen LogP contribution in [0.5, 0.6) is 0 Å². The number of carbonyl (C=O) groups is 1. The molecule has 4 nitrogen and oxygen atoms in total. The van der Waals surface area contributed by atoms with E-state index in [0.717, 1.165) is 11.1 Å². The SMILES string of the molecule is CC.COC(=O)c1ccc(-c2ccc(C#N)c(C#N)c2)cc1. The van der Waals surface area contributed by atoms with Crippen molar-refractivity contribution in [1.29, 1.82) is 10.5 Å². The average molecular weight is 292 g/mol. The smallest absolute Gasteiger partial charge is 0.337 e. The number of hydrogen-bond acceptors (Lipinski definition) is 4. The van der Waals surface area contributed by atoms with Crippen LogP contribution >= 0.6 is 0 Å². The molecule has 0 aliphatic rings. The molecule has 0 saturated heterocycles. The summed E-state index contributed by atoms with van der Waals surface area (Å²) in [7, 11) is 1.33. The second-order valence-corrected chi connectivity index (χ2v) is 4.05. The summed E-state index contributed by atoms with van der Waals surface area (Å²) in [5.74, 6) is -0.394. The van der Waals surface area contributed by atoms with Crippen LogP contribution < -0.4 is 0 Å². The van der Waals surface area contributed by atoms with Crippen molar-refractivity contribution < 1.29 is 9.53 Å². The number of nitriles is 2. The van der Waals surface area contributed by atoms with Gasteiger partial charge >= 0.3 is 5.97 Å². The third-order valence-corrected chi connectivity index (χ3v) is 2.90. The molecule has 22 heavy (non-hydrogen) atoms. The molecule has 2 aromatic rings. The molecule has 0 unspecified atom stereocenters. The standard InChI is InChI=1S/C16H10N2O2.C2H6/c1-20-16(19)12-4-2-11(3-5-12)13-6-7-14(9-17)15(8-13)10-18;1-2/h2-8H,1H3;1-2H3. The first-order valence-electron chi connectivity index (χ1n) is 6.82. The zero-order valence-corrected chi connectivity index (χ0v) is 12.8. The number of rotatable bonds is 2. The summed E-state index contributed by atoms with van der Waals surface area (Å²) in [4.78, 5) is 11.3. The quantitative estimate of drug-likeness (QED) is 0.786. The van der Waals surface area contributed by atoms with Gasteiger partial charge in [-0.2, -0.15) is 10.5 Å². The molecule has 0 atom stereocenters.